The molecule has 158 valence electrons. The van der Waals surface area contributed by atoms with Crippen molar-refractivity contribution in [2.24, 2.45) is 0 Å². The lowest BCUT2D eigenvalue weighted by Gasteiger charge is -2.08. The van der Waals surface area contributed by atoms with Crippen LogP contribution in [0.4, 0.5) is 0 Å². The minimum atomic E-state index is 0. The molecule has 0 aliphatic rings. The zero-order valence-corrected chi connectivity index (χ0v) is 16.5. The monoisotopic (exact) mass is 374 g/mol. The fourth-order valence-corrected chi connectivity index (χ4v) is 2.45. The summed E-state index contributed by atoms with van der Waals surface area (Å²) in [6, 6.07) is 15.7. The summed E-state index contributed by atoms with van der Waals surface area (Å²) in [4.78, 5) is 0. The van der Waals surface area contributed by atoms with Crippen molar-refractivity contribution in [3.63, 3.8) is 0 Å². The van der Waals surface area contributed by atoms with Gasteiger partial charge in [-0.15, -0.1) is 0 Å². The van der Waals surface area contributed by atoms with Crippen molar-refractivity contribution in [1.82, 2.24) is 0 Å². The van der Waals surface area contributed by atoms with E-state index in [2.05, 4.69) is 63.2 Å². The van der Waals surface area contributed by atoms with Gasteiger partial charge in [0.1, 0.15) is 0 Å². The van der Waals surface area contributed by atoms with Crippen LogP contribution in [0.1, 0.15) is 87.9 Å². The van der Waals surface area contributed by atoms with Crippen LogP contribution in [0.5, 0.6) is 0 Å². The Balaban J connectivity index is -0.000000148. The maximum Gasteiger partial charge on any atom is -0.0146 e. The highest BCUT2D eigenvalue weighted by Gasteiger charge is 2.02. The molecule has 0 amide bonds. The second kappa shape index (κ2) is 19.0. The number of aryl methyl sites for hydroxylation is 3. The topological polar surface area (TPSA) is 0 Å². The quantitative estimate of drug-likeness (QED) is 0.343. The lowest BCUT2D eigenvalue weighted by atomic mass is 9.97. The molecule has 3 aromatic carbocycles. The predicted molar refractivity (Wildman–Crippen MR) is 137 cm³/mol. The molecular formula is C27H50. The van der Waals surface area contributed by atoms with Crippen LogP contribution >= 0.6 is 0 Å². The highest BCUT2D eigenvalue weighted by molar-refractivity contribution is 6.00. The van der Waals surface area contributed by atoms with Crippen molar-refractivity contribution in [3.05, 3.63) is 59.2 Å². The largest absolute Gasteiger partial charge is 0.0776 e. The summed E-state index contributed by atoms with van der Waals surface area (Å²) in [6.07, 6.45) is 0. The van der Waals surface area contributed by atoms with Crippen molar-refractivity contribution in [2.75, 3.05) is 0 Å². The van der Waals surface area contributed by atoms with Crippen molar-refractivity contribution < 1.29 is 0 Å². The molecule has 0 heterocycles. The van der Waals surface area contributed by atoms with Gasteiger partial charge in [0, 0.05) is 0 Å². The molecule has 0 nitrogen and oxygen atoms in total. The van der Waals surface area contributed by atoms with E-state index in [0.29, 0.717) is 0 Å². The van der Waals surface area contributed by atoms with E-state index in [1.165, 1.54) is 38.2 Å². The van der Waals surface area contributed by atoms with Crippen LogP contribution in [0.3, 0.4) is 0 Å². The third-order valence-electron chi connectivity index (χ3n) is 3.67. The minimum Gasteiger partial charge on any atom is -0.0776 e. The third-order valence-corrected chi connectivity index (χ3v) is 3.67. The van der Waals surface area contributed by atoms with Crippen molar-refractivity contribution in [2.45, 2.75) is 92.0 Å². The molecular weight excluding hydrogens is 324 g/mol. The molecule has 0 aliphatic heterocycles. The molecule has 3 aromatic rings. The molecule has 0 heteroatoms. The van der Waals surface area contributed by atoms with Gasteiger partial charge in [0.25, 0.3) is 0 Å². The first-order chi connectivity index (χ1) is 11.1. The van der Waals surface area contributed by atoms with Crippen LogP contribution < -0.4 is 0 Å². The summed E-state index contributed by atoms with van der Waals surface area (Å²) < 4.78 is 0. The first-order valence-electron chi connectivity index (χ1n) is 9.05. The lowest BCUT2D eigenvalue weighted by molar-refractivity contribution is 1.38. The molecule has 0 saturated heterocycles. The van der Waals surface area contributed by atoms with Crippen LogP contribution in [0.2, 0.25) is 0 Å². The highest BCUT2D eigenvalue weighted by atomic mass is 14.1. The van der Waals surface area contributed by atoms with Gasteiger partial charge in [0.2, 0.25) is 0 Å². The standard InChI is InChI=1S/C17H16.3C2H6.4CH4/c1-11-4-6-14-10-17-13(3)12(2)5-7-15(17)9-16(14)8-11;3*1-2;;;;/h4-10H,1-3H3;3*1-2H3;4*1H4. The van der Waals surface area contributed by atoms with Crippen LogP contribution in [-0.2, 0) is 0 Å². The van der Waals surface area contributed by atoms with Gasteiger partial charge >= 0.3 is 0 Å². The van der Waals surface area contributed by atoms with Gasteiger partial charge in [-0.05, 0) is 65.6 Å². The van der Waals surface area contributed by atoms with E-state index >= 15 is 0 Å². The molecule has 0 saturated carbocycles. The zero-order chi connectivity index (χ0) is 18.0. The number of hydrogen-bond donors (Lipinski definition) is 0. The molecule has 0 aliphatic carbocycles. The maximum atomic E-state index is 2.31. The van der Waals surface area contributed by atoms with E-state index in [4.69, 9.17) is 0 Å². The van der Waals surface area contributed by atoms with E-state index in [-0.39, 0.29) is 29.7 Å². The molecule has 0 unspecified atom stereocenters. The molecule has 0 radical (unpaired) electrons. The molecule has 27 heavy (non-hydrogen) atoms. The Labute approximate surface area is 173 Å². The summed E-state index contributed by atoms with van der Waals surface area (Å²) in [5, 5.41) is 5.38. The Hall–Kier alpha value is -1.82. The Morgan fingerprint density at radius 2 is 0.963 bits per heavy atom. The van der Waals surface area contributed by atoms with Crippen molar-refractivity contribution >= 4 is 21.5 Å². The van der Waals surface area contributed by atoms with Gasteiger partial charge in [0.15, 0.2) is 0 Å². The fraction of sp³-hybridized carbons (Fsp3) is 0.481. The predicted octanol–water partition coefficient (Wildman–Crippen LogP) is 10.5. The Morgan fingerprint density at radius 1 is 0.481 bits per heavy atom. The van der Waals surface area contributed by atoms with E-state index in [9.17, 15) is 0 Å². The van der Waals surface area contributed by atoms with Crippen molar-refractivity contribution in [1.29, 1.82) is 0 Å². The Morgan fingerprint density at radius 3 is 1.48 bits per heavy atom. The van der Waals surface area contributed by atoms with Crippen LogP contribution in [-0.4, -0.2) is 0 Å². The molecule has 0 spiro atoms. The van der Waals surface area contributed by atoms with Gasteiger partial charge < -0.3 is 0 Å². The maximum absolute atomic E-state index is 2.31. The third kappa shape index (κ3) is 9.09. The van der Waals surface area contributed by atoms with Crippen LogP contribution in [0.15, 0.2) is 42.5 Å². The number of hydrogen-bond acceptors (Lipinski definition) is 0. The second-order valence-corrected chi connectivity index (χ2v) is 4.93. The molecule has 0 aromatic heterocycles. The normalized spacial score (nSPS) is 7.74. The van der Waals surface area contributed by atoms with Gasteiger partial charge in [-0.25, -0.2) is 0 Å². The lowest BCUT2D eigenvalue weighted by Crippen LogP contribution is -1.85. The minimum absolute atomic E-state index is 0. The van der Waals surface area contributed by atoms with E-state index in [1.54, 1.807) is 0 Å². The SMILES string of the molecule is C.C.C.C.CC.CC.CC.Cc1ccc2cc3c(C)c(C)ccc3cc2c1. The number of fused-ring (bicyclic) bond motifs is 2. The Kier molecular flexibility index (Phi) is 25.4. The zero-order valence-electron chi connectivity index (χ0n) is 16.5. The molecule has 3 rings (SSSR count). The first-order valence-corrected chi connectivity index (χ1v) is 9.05. The summed E-state index contributed by atoms with van der Waals surface area (Å²) in [7, 11) is 0. The highest BCUT2D eigenvalue weighted by Crippen LogP contribution is 2.27. The molecule has 0 bridgehead atoms. The average molecular weight is 375 g/mol. The van der Waals surface area contributed by atoms with E-state index in [1.807, 2.05) is 41.5 Å². The van der Waals surface area contributed by atoms with E-state index < -0.39 is 0 Å². The molecule has 0 atom stereocenters. The average Bonchev–Trinajstić information content (AvgIpc) is 2.62. The van der Waals surface area contributed by atoms with Gasteiger partial charge in [-0.3, -0.25) is 0 Å². The summed E-state index contributed by atoms with van der Waals surface area (Å²) in [6.45, 7) is 18.5. The van der Waals surface area contributed by atoms with Gasteiger partial charge in [-0.2, -0.15) is 0 Å². The Bertz CT molecular complexity index is 721. The van der Waals surface area contributed by atoms with Crippen LogP contribution in [0.25, 0.3) is 21.5 Å². The second-order valence-electron chi connectivity index (χ2n) is 4.93. The first kappa shape index (κ1) is 36.2. The van der Waals surface area contributed by atoms with Crippen LogP contribution in [0, 0.1) is 20.8 Å². The van der Waals surface area contributed by atoms with Gasteiger partial charge in [-0.1, -0.05) is 107 Å². The summed E-state index contributed by atoms with van der Waals surface area (Å²) >= 11 is 0. The fourth-order valence-electron chi connectivity index (χ4n) is 2.45. The summed E-state index contributed by atoms with van der Waals surface area (Å²) in [5.74, 6) is 0. The van der Waals surface area contributed by atoms with Crippen molar-refractivity contribution in [3.8, 4) is 0 Å². The van der Waals surface area contributed by atoms with Gasteiger partial charge in [0.05, 0.1) is 0 Å². The molecule has 0 N–H and O–H groups in total. The summed E-state index contributed by atoms with van der Waals surface area (Å²) in [5.41, 5.74) is 4.08. The van der Waals surface area contributed by atoms with E-state index in [0.717, 1.165) is 0 Å². The number of benzene rings is 3. The number of rotatable bonds is 0. The molecule has 0 fully saturated rings. The smallest absolute Gasteiger partial charge is 0.0146 e.